The fourth-order valence-electron chi connectivity index (χ4n) is 2.25. The van der Waals surface area contributed by atoms with Crippen LogP contribution in [-0.4, -0.2) is 37.1 Å². The van der Waals surface area contributed by atoms with Crippen LogP contribution in [0, 0.1) is 11.8 Å². The predicted molar refractivity (Wildman–Crippen MR) is 94.4 cm³/mol. The molecule has 1 atom stereocenters. The first-order valence-corrected chi connectivity index (χ1v) is 8.62. The number of rotatable bonds is 10. The smallest absolute Gasteiger partial charge is 0.0676 e. The van der Waals surface area contributed by atoms with Gasteiger partial charge in [-0.2, -0.15) is 0 Å². The first-order chi connectivity index (χ1) is 9.79. The Kier molecular flexibility index (Phi) is 8.61. The number of methoxy groups -OCH3 is 1. The molecule has 0 aliphatic heterocycles. The van der Waals surface area contributed by atoms with E-state index in [2.05, 4.69) is 62.3 Å². The molecule has 0 aliphatic rings. The average Bonchev–Trinajstić information content (AvgIpc) is 2.32. The van der Waals surface area contributed by atoms with Crippen molar-refractivity contribution in [3.05, 3.63) is 0 Å². The van der Waals surface area contributed by atoms with Crippen LogP contribution in [0.25, 0.3) is 0 Å². The van der Waals surface area contributed by atoms with Crippen LogP contribution in [0.2, 0.25) is 0 Å². The van der Waals surface area contributed by atoms with E-state index in [1.54, 1.807) is 7.11 Å². The van der Waals surface area contributed by atoms with E-state index in [9.17, 15) is 0 Å². The molecule has 0 rings (SSSR count). The second kappa shape index (κ2) is 8.65. The van der Waals surface area contributed by atoms with Gasteiger partial charge in [0, 0.05) is 13.0 Å². The fraction of sp³-hybridized carbons (Fsp3) is 1.00. The zero-order valence-corrected chi connectivity index (χ0v) is 16.7. The van der Waals surface area contributed by atoms with Crippen molar-refractivity contribution < 1.29 is 14.2 Å². The van der Waals surface area contributed by atoms with E-state index in [1.807, 2.05) is 0 Å². The zero-order valence-electron chi connectivity index (χ0n) is 16.7. The van der Waals surface area contributed by atoms with E-state index < -0.39 is 0 Å². The third-order valence-corrected chi connectivity index (χ3v) is 4.19. The van der Waals surface area contributed by atoms with Crippen LogP contribution in [0.15, 0.2) is 0 Å². The minimum Gasteiger partial charge on any atom is -0.379 e. The minimum atomic E-state index is -0.195. The lowest BCUT2D eigenvalue weighted by Crippen LogP contribution is -2.41. The third kappa shape index (κ3) is 9.81. The summed E-state index contributed by atoms with van der Waals surface area (Å²) in [6.07, 6.45) is 2.00. The molecule has 0 spiro atoms. The average molecular weight is 317 g/mol. The van der Waals surface area contributed by atoms with Gasteiger partial charge in [0.25, 0.3) is 0 Å². The van der Waals surface area contributed by atoms with Crippen LogP contribution in [0.4, 0.5) is 0 Å². The Hall–Kier alpha value is -0.120. The maximum Gasteiger partial charge on any atom is 0.0676 e. The molecule has 0 radical (unpaired) electrons. The molecule has 0 saturated heterocycles. The number of hydrogen-bond acceptors (Lipinski definition) is 3. The molecule has 0 aliphatic carbocycles. The highest BCUT2D eigenvalue weighted by Gasteiger charge is 2.33. The minimum absolute atomic E-state index is 0.108. The maximum absolute atomic E-state index is 6.24. The number of hydrogen-bond donors (Lipinski definition) is 0. The lowest BCUT2D eigenvalue weighted by atomic mass is 9.84. The quantitative estimate of drug-likeness (QED) is 0.563. The van der Waals surface area contributed by atoms with Gasteiger partial charge in [-0.15, -0.1) is 0 Å². The van der Waals surface area contributed by atoms with E-state index in [-0.39, 0.29) is 16.8 Å². The molecular formula is C19H40O3. The van der Waals surface area contributed by atoms with Gasteiger partial charge in [0.2, 0.25) is 0 Å². The predicted octanol–water partition coefficient (Wildman–Crippen LogP) is 5.07. The van der Waals surface area contributed by atoms with Crippen molar-refractivity contribution in [2.24, 2.45) is 11.8 Å². The summed E-state index contributed by atoms with van der Waals surface area (Å²) < 4.78 is 17.7. The van der Waals surface area contributed by atoms with Gasteiger partial charge in [-0.05, 0) is 67.2 Å². The Balaban J connectivity index is 4.65. The molecule has 0 aromatic carbocycles. The summed E-state index contributed by atoms with van der Waals surface area (Å²) in [5.74, 6) is 1.02. The Bertz CT molecular complexity index is 300. The Morgan fingerprint density at radius 1 is 0.864 bits per heavy atom. The molecule has 0 saturated carbocycles. The van der Waals surface area contributed by atoms with Crippen LogP contribution in [0.1, 0.15) is 75.2 Å². The van der Waals surface area contributed by atoms with Crippen LogP contribution >= 0.6 is 0 Å². The first kappa shape index (κ1) is 21.9. The molecule has 0 fully saturated rings. The first-order valence-electron chi connectivity index (χ1n) is 8.62. The van der Waals surface area contributed by atoms with E-state index in [1.165, 1.54) is 0 Å². The van der Waals surface area contributed by atoms with Crippen molar-refractivity contribution in [3.63, 3.8) is 0 Å². The van der Waals surface area contributed by atoms with Gasteiger partial charge in [-0.3, -0.25) is 0 Å². The molecule has 0 aromatic rings. The summed E-state index contributed by atoms with van der Waals surface area (Å²) in [7, 11) is 1.75. The van der Waals surface area contributed by atoms with Gasteiger partial charge in [-0.25, -0.2) is 0 Å². The molecule has 0 heterocycles. The van der Waals surface area contributed by atoms with Gasteiger partial charge >= 0.3 is 0 Å². The molecule has 1 unspecified atom stereocenters. The Morgan fingerprint density at radius 3 is 1.82 bits per heavy atom. The normalized spacial score (nSPS) is 15.4. The lowest BCUT2D eigenvalue weighted by Gasteiger charge is -2.38. The highest BCUT2D eigenvalue weighted by atomic mass is 16.5. The summed E-state index contributed by atoms with van der Waals surface area (Å²) in [6, 6.07) is 0. The van der Waals surface area contributed by atoms with Gasteiger partial charge < -0.3 is 14.2 Å². The molecule has 3 heteroatoms. The molecule has 0 bridgehead atoms. The van der Waals surface area contributed by atoms with Crippen molar-refractivity contribution in [1.29, 1.82) is 0 Å². The third-order valence-electron chi connectivity index (χ3n) is 4.19. The fourth-order valence-corrected chi connectivity index (χ4v) is 2.25. The largest absolute Gasteiger partial charge is 0.379 e. The summed E-state index contributed by atoms with van der Waals surface area (Å²) >= 11 is 0. The standard InChI is InChI=1S/C19H40O3/c1-15(2)13-16(14-22-17(3,4)5)19(8,9)21-12-11-18(6,7)20-10/h15-16H,11-14H2,1-10H3. The summed E-state index contributed by atoms with van der Waals surface area (Å²) in [4.78, 5) is 0. The molecule has 134 valence electrons. The van der Waals surface area contributed by atoms with Crippen molar-refractivity contribution in [2.75, 3.05) is 20.3 Å². The van der Waals surface area contributed by atoms with Gasteiger partial charge in [0.05, 0.1) is 30.0 Å². The van der Waals surface area contributed by atoms with Crippen molar-refractivity contribution >= 4 is 0 Å². The van der Waals surface area contributed by atoms with E-state index >= 15 is 0 Å². The molecular weight excluding hydrogens is 276 g/mol. The Morgan fingerprint density at radius 2 is 1.41 bits per heavy atom. The molecule has 0 aromatic heterocycles. The number of ether oxygens (including phenoxy) is 3. The molecule has 3 nitrogen and oxygen atoms in total. The van der Waals surface area contributed by atoms with Crippen LogP contribution in [-0.2, 0) is 14.2 Å². The Labute approximate surface area is 139 Å². The second-order valence-corrected chi connectivity index (χ2v) is 8.92. The van der Waals surface area contributed by atoms with Crippen LogP contribution in [0.5, 0.6) is 0 Å². The van der Waals surface area contributed by atoms with Crippen LogP contribution < -0.4 is 0 Å². The molecule has 0 amide bonds. The zero-order chi connectivity index (χ0) is 17.6. The second-order valence-electron chi connectivity index (χ2n) is 8.92. The van der Waals surface area contributed by atoms with Gasteiger partial charge in [0.15, 0.2) is 0 Å². The van der Waals surface area contributed by atoms with E-state index in [4.69, 9.17) is 14.2 Å². The summed E-state index contributed by atoms with van der Waals surface area (Å²) in [5.41, 5.74) is -0.436. The van der Waals surface area contributed by atoms with Crippen molar-refractivity contribution in [1.82, 2.24) is 0 Å². The van der Waals surface area contributed by atoms with Gasteiger partial charge in [0.1, 0.15) is 0 Å². The summed E-state index contributed by atoms with van der Waals surface area (Å²) in [6.45, 7) is 20.8. The van der Waals surface area contributed by atoms with Crippen molar-refractivity contribution in [2.45, 2.75) is 92.0 Å². The highest BCUT2D eigenvalue weighted by molar-refractivity contribution is 4.82. The van der Waals surface area contributed by atoms with E-state index in [0.29, 0.717) is 18.4 Å². The molecule has 0 N–H and O–H groups in total. The maximum atomic E-state index is 6.24. The summed E-state index contributed by atoms with van der Waals surface area (Å²) in [5, 5.41) is 0. The van der Waals surface area contributed by atoms with Crippen LogP contribution in [0.3, 0.4) is 0 Å². The topological polar surface area (TPSA) is 27.7 Å². The molecule has 22 heavy (non-hydrogen) atoms. The SMILES string of the molecule is COC(C)(C)CCOC(C)(C)C(COC(C)(C)C)CC(C)C. The van der Waals surface area contributed by atoms with E-state index in [0.717, 1.165) is 19.4 Å². The van der Waals surface area contributed by atoms with Crippen molar-refractivity contribution in [3.8, 4) is 0 Å². The lowest BCUT2D eigenvalue weighted by molar-refractivity contribution is -0.121. The van der Waals surface area contributed by atoms with Gasteiger partial charge in [-0.1, -0.05) is 13.8 Å². The monoisotopic (exact) mass is 316 g/mol. The highest BCUT2D eigenvalue weighted by Crippen LogP contribution is 2.30.